The monoisotopic (exact) mass is 442 g/mol. The highest BCUT2D eigenvalue weighted by molar-refractivity contribution is 9.39. The van der Waals surface area contributed by atoms with Gasteiger partial charge in [-0.3, -0.25) is 0 Å². The Morgan fingerprint density at radius 2 is 2.08 bits per heavy atom. The van der Waals surface area contributed by atoms with E-state index in [1.165, 1.54) is 0 Å². The molecule has 1 aliphatic rings. The number of hydrogen-bond acceptors (Lipinski definition) is 3. The van der Waals surface area contributed by atoms with Crippen molar-refractivity contribution in [2.75, 3.05) is 5.33 Å². The number of ether oxygens (including phenoxy) is 2. The first-order valence-corrected chi connectivity index (χ1v) is 6.81. The van der Waals surface area contributed by atoms with Crippen LogP contribution in [0.15, 0.2) is 0 Å². The van der Waals surface area contributed by atoms with E-state index in [0.29, 0.717) is 5.33 Å². The predicted molar refractivity (Wildman–Crippen MR) is 62.7 cm³/mol. The van der Waals surface area contributed by atoms with E-state index in [0.717, 1.165) is 0 Å². The Balaban J connectivity index is 2.77. The first-order valence-electron chi connectivity index (χ1n) is 3.31. The SMILES string of the molecule is C[C@@]1(CBr)OC(C(Br)(Br)Br)OC1=O. The topological polar surface area (TPSA) is 35.5 Å². The second kappa shape index (κ2) is 4.08. The van der Waals surface area contributed by atoms with Gasteiger partial charge in [-0.05, 0) is 6.92 Å². The van der Waals surface area contributed by atoms with E-state index in [1.807, 2.05) is 0 Å². The highest BCUT2D eigenvalue weighted by Crippen LogP contribution is 2.44. The molecule has 76 valence electrons. The zero-order chi connectivity index (χ0) is 10.3. The van der Waals surface area contributed by atoms with Crippen molar-refractivity contribution in [3.63, 3.8) is 0 Å². The van der Waals surface area contributed by atoms with Crippen molar-refractivity contribution >= 4 is 69.7 Å². The Labute approximate surface area is 109 Å². The van der Waals surface area contributed by atoms with Gasteiger partial charge in [0.25, 0.3) is 0 Å². The molecule has 1 saturated heterocycles. The quantitative estimate of drug-likeness (QED) is 0.460. The molecule has 2 atom stereocenters. The summed E-state index contributed by atoms with van der Waals surface area (Å²) in [5, 5.41) is 0.401. The van der Waals surface area contributed by atoms with Crippen molar-refractivity contribution < 1.29 is 14.3 Å². The fourth-order valence-corrected chi connectivity index (χ4v) is 1.67. The molecule has 1 fully saturated rings. The Hall–Kier alpha value is 1.35. The van der Waals surface area contributed by atoms with E-state index in [9.17, 15) is 4.79 Å². The predicted octanol–water partition coefficient (Wildman–Crippen LogP) is 2.88. The zero-order valence-electron chi connectivity index (χ0n) is 6.52. The fraction of sp³-hybridized carbons (Fsp3) is 0.833. The van der Waals surface area contributed by atoms with E-state index >= 15 is 0 Å². The molecule has 0 spiro atoms. The fourth-order valence-electron chi connectivity index (χ4n) is 0.750. The number of carbonyl (C=O) groups excluding carboxylic acids is 1. The highest BCUT2D eigenvalue weighted by Gasteiger charge is 2.52. The molecule has 1 unspecified atom stereocenters. The lowest BCUT2D eigenvalue weighted by atomic mass is 10.1. The van der Waals surface area contributed by atoms with Crippen LogP contribution in [0.1, 0.15) is 6.92 Å². The van der Waals surface area contributed by atoms with Gasteiger partial charge in [-0.15, -0.1) is 0 Å². The Morgan fingerprint density at radius 1 is 1.54 bits per heavy atom. The first-order chi connectivity index (χ1) is 5.79. The summed E-state index contributed by atoms with van der Waals surface area (Å²) < 4.78 is 9.68. The van der Waals surface area contributed by atoms with Crippen LogP contribution in [0.4, 0.5) is 0 Å². The summed E-state index contributed by atoms with van der Waals surface area (Å²) in [6, 6.07) is 0. The highest BCUT2D eigenvalue weighted by atomic mass is 80.0. The van der Waals surface area contributed by atoms with E-state index in [1.54, 1.807) is 6.92 Å². The molecular formula is C6H6Br4O3. The number of cyclic esters (lactones) is 1. The number of hydrogen-bond donors (Lipinski definition) is 0. The molecule has 1 heterocycles. The third kappa shape index (κ3) is 2.68. The number of esters is 1. The Morgan fingerprint density at radius 3 is 2.31 bits per heavy atom. The smallest absolute Gasteiger partial charge is 0.341 e. The summed E-state index contributed by atoms with van der Waals surface area (Å²) in [4.78, 5) is 11.3. The molecule has 0 N–H and O–H groups in total. The molecule has 0 radical (unpaired) electrons. The summed E-state index contributed by atoms with van der Waals surface area (Å²) in [5.74, 6) is -0.378. The molecule has 0 saturated carbocycles. The van der Waals surface area contributed by atoms with E-state index in [4.69, 9.17) is 9.47 Å². The first kappa shape index (κ1) is 12.4. The Kier molecular flexibility index (Phi) is 3.89. The summed E-state index contributed by atoms with van der Waals surface area (Å²) in [6.45, 7) is 1.67. The molecule has 1 aliphatic heterocycles. The Bertz CT molecular complexity index is 226. The molecule has 7 heteroatoms. The number of halogens is 4. The molecule has 13 heavy (non-hydrogen) atoms. The average Bonchev–Trinajstić information content (AvgIpc) is 2.29. The van der Waals surface area contributed by atoms with Crippen LogP contribution in [0.5, 0.6) is 0 Å². The lowest BCUT2D eigenvalue weighted by molar-refractivity contribution is -0.144. The van der Waals surface area contributed by atoms with Crippen LogP contribution in [0.2, 0.25) is 0 Å². The molecule has 0 aromatic heterocycles. The molecule has 0 aliphatic carbocycles. The van der Waals surface area contributed by atoms with E-state index < -0.39 is 14.0 Å². The van der Waals surface area contributed by atoms with Crippen LogP contribution in [0.3, 0.4) is 0 Å². The standard InChI is InChI=1S/C6H6Br4O3/c1-5(2-7)3(11)12-4(13-5)6(8,9)10/h4H,2H2,1H3/t4?,5-/m0/s1. The largest absolute Gasteiger partial charge is 0.430 e. The summed E-state index contributed by atoms with van der Waals surface area (Å²) in [7, 11) is 0. The molecule has 0 amide bonds. The van der Waals surface area contributed by atoms with Crippen molar-refractivity contribution in [1.29, 1.82) is 0 Å². The van der Waals surface area contributed by atoms with Crippen molar-refractivity contribution in [1.82, 2.24) is 0 Å². The van der Waals surface area contributed by atoms with Gasteiger partial charge in [-0.2, -0.15) is 0 Å². The molecule has 0 bridgehead atoms. The minimum absolute atomic E-state index is 0.378. The van der Waals surface area contributed by atoms with E-state index in [-0.39, 0.29) is 5.97 Å². The van der Waals surface area contributed by atoms with Crippen molar-refractivity contribution in [2.24, 2.45) is 0 Å². The second-order valence-corrected chi connectivity index (χ2v) is 10.3. The second-order valence-electron chi connectivity index (χ2n) is 2.76. The normalized spacial score (nSPS) is 34.8. The van der Waals surface area contributed by atoms with Crippen molar-refractivity contribution in [2.45, 2.75) is 21.0 Å². The summed E-state index contributed by atoms with van der Waals surface area (Å²) in [6.07, 6.45) is -0.692. The number of carbonyl (C=O) groups is 1. The van der Waals surface area contributed by atoms with Gasteiger partial charge in [-0.25, -0.2) is 4.79 Å². The van der Waals surface area contributed by atoms with E-state index in [2.05, 4.69) is 63.7 Å². The van der Waals surface area contributed by atoms with Crippen LogP contribution < -0.4 is 0 Å². The number of alkyl halides is 4. The molecule has 1 rings (SSSR count). The van der Waals surface area contributed by atoms with Gasteiger partial charge in [-0.1, -0.05) is 63.7 Å². The van der Waals surface area contributed by atoms with Gasteiger partial charge in [0, 0.05) is 5.33 Å². The maximum absolute atomic E-state index is 11.3. The molecule has 0 aromatic rings. The minimum atomic E-state index is -0.911. The molecule has 3 nitrogen and oxygen atoms in total. The van der Waals surface area contributed by atoms with Crippen molar-refractivity contribution in [3.05, 3.63) is 0 Å². The van der Waals surface area contributed by atoms with Gasteiger partial charge in [0.2, 0.25) is 6.29 Å². The van der Waals surface area contributed by atoms with Gasteiger partial charge < -0.3 is 9.47 Å². The van der Waals surface area contributed by atoms with Crippen LogP contribution in [-0.2, 0) is 14.3 Å². The van der Waals surface area contributed by atoms with Gasteiger partial charge in [0.05, 0.1) is 0 Å². The number of rotatable bonds is 1. The average molecular weight is 446 g/mol. The lowest BCUT2D eigenvalue weighted by Gasteiger charge is -2.20. The zero-order valence-corrected chi connectivity index (χ0v) is 12.9. The van der Waals surface area contributed by atoms with Crippen molar-refractivity contribution in [3.8, 4) is 0 Å². The third-order valence-corrected chi connectivity index (χ3v) is 3.73. The third-order valence-electron chi connectivity index (χ3n) is 1.54. The summed E-state index contributed by atoms with van der Waals surface area (Å²) >= 11 is 12.9. The van der Waals surface area contributed by atoms with Crippen LogP contribution in [0.25, 0.3) is 0 Å². The van der Waals surface area contributed by atoms with Crippen LogP contribution >= 0.6 is 63.7 Å². The molecule has 0 aromatic carbocycles. The van der Waals surface area contributed by atoms with Gasteiger partial charge >= 0.3 is 5.97 Å². The maximum atomic E-state index is 11.3. The lowest BCUT2D eigenvalue weighted by Crippen LogP contribution is -2.35. The van der Waals surface area contributed by atoms with Crippen LogP contribution in [0, 0.1) is 0 Å². The minimum Gasteiger partial charge on any atom is -0.430 e. The maximum Gasteiger partial charge on any atom is 0.341 e. The van der Waals surface area contributed by atoms with Gasteiger partial charge in [0.1, 0.15) is 0 Å². The molecular weight excluding hydrogens is 440 g/mol. The summed E-state index contributed by atoms with van der Waals surface area (Å²) in [5.41, 5.74) is -0.911. The van der Waals surface area contributed by atoms with Gasteiger partial charge in [0.15, 0.2) is 7.74 Å². The van der Waals surface area contributed by atoms with Crippen LogP contribution in [-0.4, -0.2) is 25.3 Å².